The van der Waals surface area contributed by atoms with Gasteiger partial charge in [0.15, 0.2) is 0 Å². The van der Waals surface area contributed by atoms with Crippen LogP contribution < -0.4 is 0 Å². The number of H-pyrrole nitrogens is 2. The summed E-state index contributed by atoms with van der Waals surface area (Å²) in [7, 11) is 0. The Hall–Kier alpha value is -4.96. The van der Waals surface area contributed by atoms with E-state index in [1.807, 2.05) is 0 Å². The molecule has 3 aromatic carbocycles. The predicted molar refractivity (Wildman–Crippen MR) is 147 cm³/mol. The first-order valence-corrected chi connectivity index (χ1v) is 12.1. The Kier molecular flexibility index (Phi) is 3.91. The van der Waals surface area contributed by atoms with Crippen molar-refractivity contribution in [2.45, 2.75) is 0 Å². The lowest BCUT2D eigenvalue weighted by Crippen LogP contribution is -1.75. The highest BCUT2D eigenvalue weighted by Gasteiger charge is 2.18. The van der Waals surface area contributed by atoms with Gasteiger partial charge in [0.25, 0.3) is 0 Å². The molecule has 0 spiro atoms. The first-order valence-electron chi connectivity index (χ1n) is 12.1. The van der Waals surface area contributed by atoms with Crippen LogP contribution in [0.5, 0.6) is 0 Å². The quantitative estimate of drug-likeness (QED) is 0.240. The van der Waals surface area contributed by atoms with Crippen molar-refractivity contribution in [3.63, 3.8) is 0 Å². The summed E-state index contributed by atoms with van der Waals surface area (Å²) in [5, 5.41) is 2.34. The molecule has 2 aliphatic heterocycles. The molecule has 36 heavy (non-hydrogen) atoms. The third-order valence-electron chi connectivity index (χ3n) is 7.09. The molecule has 0 aliphatic carbocycles. The number of hydrogen-bond acceptors (Lipinski definition) is 2. The minimum absolute atomic E-state index is 0.958. The van der Waals surface area contributed by atoms with Crippen LogP contribution in [0.1, 0.15) is 0 Å². The second-order valence-electron chi connectivity index (χ2n) is 9.30. The number of aromatic nitrogens is 4. The van der Waals surface area contributed by atoms with E-state index in [0.717, 1.165) is 67.1 Å². The molecule has 5 heterocycles. The Balaban J connectivity index is 1.56. The third-order valence-corrected chi connectivity index (χ3v) is 7.09. The zero-order valence-electron chi connectivity index (χ0n) is 19.3. The van der Waals surface area contributed by atoms with Crippen molar-refractivity contribution >= 4 is 32.8 Å². The molecule has 0 saturated heterocycles. The zero-order valence-corrected chi connectivity index (χ0v) is 19.3. The van der Waals surface area contributed by atoms with E-state index in [0.29, 0.717) is 0 Å². The van der Waals surface area contributed by atoms with E-state index < -0.39 is 0 Å². The van der Waals surface area contributed by atoms with Gasteiger partial charge in [-0.05, 0) is 36.4 Å². The lowest BCUT2D eigenvalue weighted by molar-refractivity contribution is 1.40. The predicted octanol–water partition coefficient (Wildman–Crippen LogP) is 8.14. The number of fused-ring (bicyclic) bond motifs is 17. The van der Waals surface area contributed by atoms with Gasteiger partial charge in [-0.3, -0.25) is 0 Å². The van der Waals surface area contributed by atoms with E-state index >= 15 is 0 Å². The molecule has 0 fully saturated rings. The molecule has 0 saturated carbocycles. The third kappa shape index (κ3) is 2.88. The zero-order chi connectivity index (χ0) is 23.6. The number of hydrogen-bond donors (Lipinski definition) is 2. The molecule has 4 heteroatoms. The summed E-state index contributed by atoms with van der Waals surface area (Å²) in [6.07, 6.45) is 0. The van der Waals surface area contributed by atoms with Crippen molar-refractivity contribution in [3.8, 4) is 45.0 Å². The van der Waals surface area contributed by atoms with Crippen molar-refractivity contribution in [1.82, 2.24) is 19.9 Å². The van der Waals surface area contributed by atoms with Gasteiger partial charge in [0.1, 0.15) is 0 Å². The van der Waals surface area contributed by atoms with Crippen LogP contribution in [0.4, 0.5) is 0 Å². The van der Waals surface area contributed by atoms with Gasteiger partial charge in [-0.2, -0.15) is 0 Å². The SMILES string of the molecule is c1ccc2c(c1)-c1cc3ccc(cc4nc(cc5[nH]c(cc-2n1)c1ccccc51)-c1ccccc1-4)[nH]3. The average Bonchev–Trinajstić information content (AvgIpc) is 3.67. The molecule has 8 rings (SSSR count). The lowest BCUT2D eigenvalue weighted by Gasteiger charge is -1.97. The molecule has 0 unspecified atom stereocenters. The second kappa shape index (κ2) is 7.27. The summed E-state index contributed by atoms with van der Waals surface area (Å²) in [6.45, 7) is 0. The molecule has 8 bridgehead atoms. The molecular formula is C32H20N4. The van der Waals surface area contributed by atoms with Crippen LogP contribution in [0, 0.1) is 0 Å². The van der Waals surface area contributed by atoms with E-state index in [4.69, 9.17) is 9.97 Å². The maximum atomic E-state index is 5.07. The molecular weight excluding hydrogens is 440 g/mol. The largest absolute Gasteiger partial charge is 0.355 e. The molecule has 6 aromatic rings. The summed E-state index contributed by atoms with van der Waals surface area (Å²) in [4.78, 5) is 17.3. The first-order chi connectivity index (χ1) is 17.8. The van der Waals surface area contributed by atoms with E-state index in [1.165, 1.54) is 10.8 Å². The van der Waals surface area contributed by atoms with Crippen LogP contribution in [0.25, 0.3) is 77.9 Å². The van der Waals surface area contributed by atoms with Gasteiger partial charge in [-0.25, -0.2) is 9.97 Å². The van der Waals surface area contributed by atoms with Crippen LogP contribution in [-0.4, -0.2) is 19.9 Å². The number of rotatable bonds is 0. The highest BCUT2D eigenvalue weighted by molar-refractivity contribution is 6.08. The minimum Gasteiger partial charge on any atom is -0.355 e. The van der Waals surface area contributed by atoms with Gasteiger partial charge in [0.2, 0.25) is 0 Å². The average molecular weight is 461 g/mol. The van der Waals surface area contributed by atoms with Crippen molar-refractivity contribution in [3.05, 3.63) is 109 Å². The summed E-state index contributed by atoms with van der Waals surface area (Å²) in [6, 6.07) is 38.1. The van der Waals surface area contributed by atoms with Crippen molar-refractivity contribution in [1.29, 1.82) is 0 Å². The number of nitrogens with one attached hydrogen (secondary N) is 2. The fourth-order valence-corrected chi connectivity index (χ4v) is 5.43. The van der Waals surface area contributed by atoms with Crippen molar-refractivity contribution in [2.75, 3.05) is 0 Å². The molecule has 168 valence electrons. The van der Waals surface area contributed by atoms with E-state index in [-0.39, 0.29) is 0 Å². The van der Waals surface area contributed by atoms with Gasteiger partial charge in [0, 0.05) is 55.1 Å². The van der Waals surface area contributed by atoms with Crippen LogP contribution in [0.2, 0.25) is 0 Å². The van der Waals surface area contributed by atoms with E-state index in [9.17, 15) is 0 Å². The summed E-state index contributed by atoms with van der Waals surface area (Å²) in [5.41, 5.74) is 12.5. The molecule has 0 amide bonds. The van der Waals surface area contributed by atoms with Gasteiger partial charge in [-0.15, -0.1) is 0 Å². The van der Waals surface area contributed by atoms with Gasteiger partial charge < -0.3 is 9.97 Å². The van der Waals surface area contributed by atoms with E-state index in [1.54, 1.807) is 0 Å². The van der Waals surface area contributed by atoms with E-state index in [2.05, 4.69) is 119 Å². The molecule has 2 aliphatic rings. The monoisotopic (exact) mass is 460 g/mol. The molecule has 0 radical (unpaired) electrons. The van der Waals surface area contributed by atoms with Crippen molar-refractivity contribution < 1.29 is 0 Å². The molecule has 2 N–H and O–H groups in total. The number of benzene rings is 3. The van der Waals surface area contributed by atoms with Crippen LogP contribution in [0.15, 0.2) is 109 Å². The summed E-state index contributed by atoms with van der Waals surface area (Å²) >= 11 is 0. The highest BCUT2D eigenvalue weighted by Crippen LogP contribution is 2.38. The Bertz CT molecular complexity index is 1870. The Morgan fingerprint density at radius 2 is 0.778 bits per heavy atom. The normalized spacial score (nSPS) is 11.9. The lowest BCUT2D eigenvalue weighted by atomic mass is 10.0. The second-order valence-corrected chi connectivity index (χ2v) is 9.30. The topological polar surface area (TPSA) is 57.4 Å². The first kappa shape index (κ1) is 19.4. The highest BCUT2D eigenvalue weighted by atomic mass is 14.8. The summed E-state index contributed by atoms with van der Waals surface area (Å²) < 4.78 is 0. The summed E-state index contributed by atoms with van der Waals surface area (Å²) in [5.74, 6) is 0. The Labute approximate surface area is 207 Å². The Morgan fingerprint density at radius 3 is 1.22 bits per heavy atom. The van der Waals surface area contributed by atoms with Gasteiger partial charge >= 0.3 is 0 Å². The van der Waals surface area contributed by atoms with Crippen LogP contribution >= 0.6 is 0 Å². The number of aromatic amines is 2. The Morgan fingerprint density at radius 1 is 0.389 bits per heavy atom. The maximum Gasteiger partial charge on any atom is 0.0737 e. The maximum absolute atomic E-state index is 5.07. The van der Waals surface area contributed by atoms with Crippen LogP contribution in [-0.2, 0) is 0 Å². The number of nitrogens with zero attached hydrogens (tertiary/aromatic N) is 2. The van der Waals surface area contributed by atoms with Crippen molar-refractivity contribution in [2.24, 2.45) is 0 Å². The molecule has 3 aromatic heterocycles. The smallest absolute Gasteiger partial charge is 0.0737 e. The molecule has 0 atom stereocenters. The minimum atomic E-state index is 0.958. The molecule has 4 nitrogen and oxygen atoms in total. The van der Waals surface area contributed by atoms with Gasteiger partial charge in [0.05, 0.1) is 22.8 Å². The standard InChI is InChI=1S/C32H20N4/c1-3-9-23-21(7-1)27-15-19-13-14-20(33-19)16-28-22-8-2-4-10-24(22)30(35-28)18-32-26-12-6-5-11-25(26)31(36-32)17-29(23)34-27/h1-18,33,36H. The van der Waals surface area contributed by atoms with Gasteiger partial charge in [-0.1, -0.05) is 72.8 Å². The fraction of sp³-hybridized carbons (Fsp3) is 0. The fourth-order valence-electron chi connectivity index (χ4n) is 5.43. The van der Waals surface area contributed by atoms with Crippen LogP contribution in [0.3, 0.4) is 0 Å².